The summed E-state index contributed by atoms with van der Waals surface area (Å²) in [6.45, 7) is 3.57. The molecule has 5 nitrogen and oxygen atoms in total. The lowest BCUT2D eigenvalue weighted by Gasteiger charge is -2.32. The third-order valence-corrected chi connectivity index (χ3v) is 7.58. The van der Waals surface area contributed by atoms with Crippen LogP contribution in [0.3, 0.4) is 0 Å². The van der Waals surface area contributed by atoms with Crippen LogP contribution in [0.5, 0.6) is 0 Å². The zero-order valence-electron chi connectivity index (χ0n) is 19.9. The summed E-state index contributed by atoms with van der Waals surface area (Å²) in [6.07, 6.45) is 1.51. The van der Waals surface area contributed by atoms with Crippen LogP contribution in [-0.4, -0.2) is 61.4 Å². The fourth-order valence-electron chi connectivity index (χ4n) is 4.88. The van der Waals surface area contributed by atoms with Crippen LogP contribution in [0.2, 0.25) is 10.0 Å². The number of likely N-dealkylation sites (N-methyl/N-ethyl adjacent to an activating group) is 1. The van der Waals surface area contributed by atoms with Gasteiger partial charge >= 0.3 is 0 Å². The molecule has 0 aromatic heterocycles. The minimum absolute atomic E-state index is 0.00230. The van der Waals surface area contributed by atoms with Crippen molar-refractivity contribution in [2.45, 2.75) is 12.8 Å². The van der Waals surface area contributed by atoms with E-state index in [4.69, 9.17) is 23.2 Å². The van der Waals surface area contributed by atoms with Gasteiger partial charge in [-0.15, -0.1) is 0 Å². The first kappa shape index (κ1) is 24.8. The predicted molar refractivity (Wildman–Crippen MR) is 142 cm³/mol. The van der Waals surface area contributed by atoms with Gasteiger partial charge in [-0.1, -0.05) is 35.3 Å². The first-order valence-electron chi connectivity index (χ1n) is 12.0. The molecule has 0 aliphatic carbocycles. The average molecular weight is 526 g/mol. The van der Waals surface area contributed by atoms with Gasteiger partial charge in [-0.2, -0.15) is 0 Å². The maximum absolute atomic E-state index is 14.4. The first-order valence-corrected chi connectivity index (χ1v) is 12.8. The zero-order valence-corrected chi connectivity index (χ0v) is 21.4. The summed E-state index contributed by atoms with van der Waals surface area (Å²) >= 11 is 12.7. The van der Waals surface area contributed by atoms with Crippen LogP contribution in [0.1, 0.15) is 32.7 Å². The average Bonchev–Trinajstić information content (AvgIpc) is 2.88. The van der Waals surface area contributed by atoms with E-state index < -0.39 is 11.7 Å². The van der Waals surface area contributed by atoms with E-state index in [-0.39, 0.29) is 16.5 Å². The number of nitrogens with zero attached hydrogens (tertiary/aromatic N) is 3. The normalized spacial score (nSPS) is 16.1. The third-order valence-electron chi connectivity index (χ3n) is 6.93. The van der Waals surface area contributed by atoms with Crippen LogP contribution in [0.4, 0.5) is 10.1 Å². The van der Waals surface area contributed by atoms with Crippen LogP contribution in [-0.2, 0) is 6.42 Å². The molecular formula is C28H26Cl2FN3O2. The molecule has 5 rings (SSSR count). The monoisotopic (exact) mass is 525 g/mol. The fourth-order valence-corrected chi connectivity index (χ4v) is 5.35. The minimum Gasteiger partial charge on any atom is -0.336 e. The number of aryl methyl sites for hydroxylation is 1. The van der Waals surface area contributed by atoms with Gasteiger partial charge in [-0.3, -0.25) is 9.59 Å². The van der Waals surface area contributed by atoms with Crippen LogP contribution in [0.25, 0.3) is 11.1 Å². The van der Waals surface area contributed by atoms with Crippen molar-refractivity contribution in [3.63, 3.8) is 0 Å². The van der Waals surface area contributed by atoms with Gasteiger partial charge in [-0.05, 0) is 73.5 Å². The van der Waals surface area contributed by atoms with E-state index in [1.54, 1.807) is 17.0 Å². The Kier molecular flexibility index (Phi) is 7.02. The second kappa shape index (κ2) is 10.2. The summed E-state index contributed by atoms with van der Waals surface area (Å²) in [7, 11) is 2.05. The van der Waals surface area contributed by atoms with Gasteiger partial charge in [0.1, 0.15) is 5.82 Å². The maximum atomic E-state index is 14.4. The molecule has 3 aromatic rings. The molecule has 0 atom stereocenters. The molecule has 2 amide bonds. The van der Waals surface area contributed by atoms with Gasteiger partial charge in [-0.25, -0.2) is 4.39 Å². The second-order valence-corrected chi connectivity index (χ2v) is 10.1. The van der Waals surface area contributed by atoms with E-state index in [9.17, 15) is 14.0 Å². The van der Waals surface area contributed by atoms with Crippen molar-refractivity contribution in [1.82, 2.24) is 9.80 Å². The number of hydrogen-bond acceptors (Lipinski definition) is 3. The predicted octanol–water partition coefficient (Wildman–Crippen LogP) is 5.78. The number of benzene rings is 3. The van der Waals surface area contributed by atoms with E-state index in [1.165, 1.54) is 18.2 Å². The van der Waals surface area contributed by atoms with E-state index in [1.807, 2.05) is 29.2 Å². The van der Waals surface area contributed by atoms with E-state index >= 15 is 0 Å². The molecule has 1 fully saturated rings. The second-order valence-electron chi connectivity index (χ2n) is 9.29. The lowest BCUT2D eigenvalue weighted by atomic mass is 9.94. The standard InChI is InChI=1S/C28H26Cl2FN3O2/c1-32-12-14-33(15-13-32)27(35)20-7-9-22(29)21(17-20)18-8-10-25-19(16-18)4-3-11-34(25)28(36)26-23(30)5-2-6-24(26)31/h2,5-10,16-17H,3-4,11-15H2,1H3. The Morgan fingerprint density at radius 2 is 1.64 bits per heavy atom. The Labute approximate surface area is 220 Å². The van der Waals surface area contributed by atoms with Gasteiger partial charge in [0.25, 0.3) is 11.8 Å². The van der Waals surface area contributed by atoms with Crippen LogP contribution >= 0.6 is 23.2 Å². The Bertz CT molecular complexity index is 1320. The highest BCUT2D eigenvalue weighted by Crippen LogP contribution is 2.36. The Morgan fingerprint density at radius 1 is 0.861 bits per heavy atom. The number of hydrogen-bond donors (Lipinski definition) is 0. The van der Waals surface area contributed by atoms with Crippen molar-refractivity contribution in [1.29, 1.82) is 0 Å². The summed E-state index contributed by atoms with van der Waals surface area (Å²) < 4.78 is 14.4. The lowest BCUT2D eigenvalue weighted by Crippen LogP contribution is -2.47. The zero-order chi connectivity index (χ0) is 25.4. The fraction of sp³-hybridized carbons (Fsp3) is 0.286. The van der Waals surface area contributed by atoms with E-state index in [0.29, 0.717) is 30.2 Å². The van der Waals surface area contributed by atoms with Crippen molar-refractivity contribution in [2.24, 2.45) is 0 Å². The number of piperazine rings is 1. The highest BCUT2D eigenvalue weighted by molar-refractivity contribution is 6.34. The summed E-state index contributed by atoms with van der Waals surface area (Å²) in [4.78, 5) is 32.0. The van der Waals surface area contributed by atoms with Gasteiger partial charge < -0.3 is 14.7 Å². The highest BCUT2D eigenvalue weighted by atomic mass is 35.5. The maximum Gasteiger partial charge on any atom is 0.262 e. The molecule has 186 valence electrons. The Morgan fingerprint density at radius 3 is 2.39 bits per heavy atom. The summed E-state index contributed by atoms with van der Waals surface area (Å²) in [5.74, 6) is -1.09. The SMILES string of the molecule is CN1CCN(C(=O)c2ccc(Cl)c(-c3ccc4c(c3)CCCN4C(=O)c3c(F)cccc3Cl)c2)CC1. The number of rotatable bonds is 3. The molecule has 0 radical (unpaired) electrons. The van der Waals surface area contributed by atoms with Crippen molar-refractivity contribution in [3.05, 3.63) is 87.2 Å². The minimum atomic E-state index is -0.634. The van der Waals surface area contributed by atoms with Gasteiger partial charge in [0.05, 0.1) is 10.6 Å². The molecule has 2 heterocycles. The molecule has 0 bridgehead atoms. The van der Waals surface area contributed by atoms with Crippen molar-refractivity contribution >= 4 is 40.7 Å². The molecule has 0 spiro atoms. The van der Waals surface area contributed by atoms with Gasteiger partial charge in [0, 0.05) is 54.6 Å². The number of anilines is 1. The highest BCUT2D eigenvalue weighted by Gasteiger charge is 2.28. The number of fused-ring (bicyclic) bond motifs is 1. The van der Waals surface area contributed by atoms with Crippen molar-refractivity contribution in [3.8, 4) is 11.1 Å². The first-order chi connectivity index (χ1) is 17.3. The van der Waals surface area contributed by atoms with Crippen LogP contribution < -0.4 is 4.90 Å². The van der Waals surface area contributed by atoms with Crippen LogP contribution in [0, 0.1) is 5.82 Å². The smallest absolute Gasteiger partial charge is 0.262 e. The molecule has 3 aromatic carbocycles. The number of carbonyl (C=O) groups is 2. The molecule has 0 N–H and O–H groups in total. The van der Waals surface area contributed by atoms with Crippen molar-refractivity contribution in [2.75, 3.05) is 44.7 Å². The summed E-state index contributed by atoms with van der Waals surface area (Å²) in [6, 6.07) is 15.4. The topological polar surface area (TPSA) is 43.9 Å². The molecule has 36 heavy (non-hydrogen) atoms. The van der Waals surface area contributed by atoms with Gasteiger partial charge in [0.2, 0.25) is 0 Å². The molecule has 0 saturated carbocycles. The lowest BCUT2D eigenvalue weighted by molar-refractivity contribution is 0.0664. The molecule has 1 saturated heterocycles. The Balaban J connectivity index is 1.45. The summed E-state index contributed by atoms with van der Waals surface area (Å²) in [5.41, 5.74) is 3.81. The molecule has 8 heteroatoms. The molecular weight excluding hydrogens is 500 g/mol. The number of carbonyl (C=O) groups excluding carboxylic acids is 2. The molecule has 2 aliphatic rings. The molecule has 2 aliphatic heterocycles. The quantitative estimate of drug-likeness (QED) is 0.435. The third kappa shape index (κ3) is 4.73. The number of amides is 2. The van der Waals surface area contributed by atoms with E-state index in [2.05, 4.69) is 11.9 Å². The van der Waals surface area contributed by atoms with E-state index in [0.717, 1.165) is 48.3 Å². The van der Waals surface area contributed by atoms with Crippen molar-refractivity contribution < 1.29 is 14.0 Å². The largest absolute Gasteiger partial charge is 0.336 e. The van der Waals surface area contributed by atoms with Crippen LogP contribution in [0.15, 0.2) is 54.6 Å². The van der Waals surface area contributed by atoms with Gasteiger partial charge in [0.15, 0.2) is 0 Å². The summed E-state index contributed by atoms with van der Waals surface area (Å²) in [5, 5.41) is 0.643. The Hall–Kier alpha value is -2.93. The number of halogens is 3. The molecule has 0 unspecified atom stereocenters.